The molecule has 0 bridgehead atoms. The van der Waals surface area contributed by atoms with Crippen LogP contribution in [0.2, 0.25) is 0 Å². The summed E-state index contributed by atoms with van der Waals surface area (Å²) >= 11 is 0. The third-order valence-corrected chi connectivity index (χ3v) is 7.15. The van der Waals surface area contributed by atoms with Crippen molar-refractivity contribution in [3.8, 4) is 0 Å². The van der Waals surface area contributed by atoms with E-state index in [1.54, 1.807) is 0 Å². The van der Waals surface area contributed by atoms with Crippen LogP contribution < -0.4 is 0 Å². The number of rotatable bonds is 12. The fraction of sp³-hybridized carbons (Fsp3) is 1.00. The maximum absolute atomic E-state index is 5.83. The van der Waals surface area contributed by atoms with Crippen molar-refractivity contribution in [1.82, 2.24) is 0 Å². The van der Waals surface area contributed by atoms with Gasteiger partial charge in [0.2, 0.25) is 0 Å². The monoisotopic (exact) mass is 350 g/mol. The van der Waals surface area contributed by atoms with Gasteiger partial charge in [0.05, 0.1) is 6.10 Å². The number of hydrogen-bond acceptors (Lipinski definition) is 1. The first-order valence-corrected chi connectivity index (χ1v) is 11.9. The van der Waals surface area contributed by atoms with Gasteiger partial charge < -0.3 is 4.74 Å². The van der Waals surface area contributed by atoms with E-state index in [-0.39, 0.29) is 0 Å². The minimum Gasteiger partial charge on any atom is -0.379 e. The predicted molar refractivity (Wildman–Crippen MR) is 110 cm³/mol. The molecule has 0 unspecified atom stereocenters. The van der Waals surface area contributed by atoms with Crippen molar-refractivity contribution in [3.63, 3.8) is 0 Å². The third kappa shape index (κ3) is 8.46. The Hall–Kier alpha value is -0.0400. The van der Waals surface area contributed by atoms with Gasteiger partial charge >= 0.3 is 0 Å². The molecule has 0 amide bonds. The smallest absolute Gasteiger partial charge is 0.0575 e. The third-order valence-electron chi connectivity index (χ3n) is 7.15. The highest BCUT2D eigenvalue weighted by Gasteiger charge is 2.30. The van der Waals surface area contributed by atoms with Crippen LogP contribution in [-0.2, 0) is 4.74 Å². The van der Waals surface area contributed by atoms with Crippen molar-refractivity contribution in [2.75, 3.05) is 6.61 Å². The molecular weight excluding hydrogens is 304 g/mol. The SMILES string of the molecule is CCCCCCCCCCC1CCC(C2CCC(OCC)CC2)CC1. The molecule has 2 saturated carbocycles. The van der Waals surface area contributed by atoms with Gasteiger partial charge in [-0.3, -0.25) is 0 Å². The lowest BCUT2D eigenvalue weighted by atomic mass is 9.70. The molecule has 1 heteroatoms. The lowest BCUT2D eigenvalue weighted by Crippen LogP contribution is -2.28. The van der Waals surface area contributed by atoms with E-state index in [1.807, 2.05) is 0 Å². The minimum absolute atomic E-state index is 0.583. The summed E-state index contributed by atoms with van der Waals surface area (Å²) in [6.45, 7) is 5.35. The van der Waals surface area contributed by atoms with Gasteiger partial charge in [0, 0.05) is 6.61 Å². The second-order valence-electron chi connectivity index (χ2n) is 9.04. The molecule has 0 saturated heterocycles. The Morgan fingerprint density at radius 1 is 0.600 bits per heavy atom. The molecule has 2 aliphatic carbocycles. The van der Waals surface area contributed by atoms with Gasteiger partial charge in [-0.15, -0.1) is 0 Å². The van der Waals surface area contributed by atoms with E-state index < -0.39 is 0 Å². The average molecular weight is 351 g/mol. The fourth-order valence-corrected chi connectivity index (χ4v) is 5.48. The first kappa shape index (κ1) is 21.3. The minimum atomic E-state index is 0.583. The Bertz CT molecular complexity index is 297. The predicted octanol–water partition coefficient (Wildman–Crippen LogP) is 7.92. The number of ether oxygens (including phenoxy) is 1. The summed E-state index contributed by atoms with van der Waals surface area (Å²) in [5, 5.41) is 0. The number of hydrogen-bond donors (Lipinski definition) is 0. The largest absolute Gasteiger partial charge is 0.379 e. The molecule has 25 heavy (non-hydrogen) atoms. The molecule has 2 rings (SSSR count). The van der Waals surface area contributed by atoms with Crippen molar-refractivity contribution < 1.29 is 4.74 Å². The van der Waals surface area contributed by atoms with Crippen LogP contribution in [0.15, 0.2) is 0 Å². The molecule has 0 radical (unpaired) electrons. The normalized spacial score (nSPS) is 30.5. The standard InChI is InChI=1S/C24H46O/c1-3-5-6-7-8-9-10-11-12-21-13-15-22(16-14-21)23-17-19-24(20-18-23)25-4-2/h21-24H,3-20H2,1-2H3. The summed E-state index contributed by atoms with van der Waals surface area (Å²) < 4.78 is 5.83. The van der Waals surface area contributed by atoms with E-state index in [0.717, 1.165) is 24.4 Å². The Balaban J connectivity index is 1.46. The van der Waals surface area contributed by atoms with Crippen LogP contribution in [-0.4, -0.2) is 12.7 Å². The lowest BCUT2D eigenvalue weighted by Gasteiger charge is -2.37. The van der Waals surface area contributed by atoms with E-state index in [1.165, 1.54) is 109 Å². The zero-order valence-electron chi connectivity index (χ0n) is 17.4. The molecule has 0 heterocycles. The summed E-state index contributed by atoms with van der Waals surface area (Å²) in [5.41, 5.74) is 0. The van der Waals surface area contributed by atoms with Crippen LogP contribution in [0.1, 0.15) is 123 Å². The van der Waals surface area contributed by atoms with Crippen LogP contribution in [0.25, 0.3) is 0 Å². The second kappa shape index (κ2) is 13.2. The van der Waals surface area contributed by atoms with Gasteiger partial charge in [0.25, 0.3) is 0 Å². The van der Waals surface area contributed by atoms with Crippen LogP contribution in [0.5, 0.6) is 0 Å². The van der Waals surface area contributed by atoms with Gasteiger partial charge in [-0.2, -0.15) is 0 Å². The maximum atomic E-state index is 5.83. The summed E-state index contributed by atoms with van der Waals surface area (Å²) in [4.78, 5) is 0. The first-order valence-electron chi connectivity index (χ1n) is 11.9. The fourth-order valence-electron chi connectivity index (χ4n) is 5.48. The van der Waals surface area contributed by atoms with E-state index in [2.05, 4.69) is 13.8 Å². The molecule has 1 nitrogen and oxygen atoms in total. The molecule has 0 aromatic heterocycles. The first-order chi connectivity index (χ1) is 12.3. The Morgan fingerprint density at radius 2 is 1.12 bits per heavy atom. The van der Waals surface area contributed by atoms with Gasteiger partial charge in [-0.1, -0.05) is 77.6 Å². The number of unbranched alkanes of at least 4 members (excludes halogenated alkanes) is 7. The molecule has 2 aliphatic rings. The van der Waals surface area contributed by atoms with Gasteiger partial charge in [-0.05, 0) is 63.2 Å². The van der Waals surface area contributed by atoms with Crippen LogP contribution in [0.3, 0.4) is 0 Å². The topological polar surface area (TPSA) is 9.23 Å². The summed E-state index contributed by atoms with van der Waals surface area (Å²) in [6.07, 6.45) is 25.5. The van der Waals surface area contributed by atoms with Gasteiger partial charge in [0.15, 0.2) is 0 Å². The molecule has 0 aliphatic heterocycles. The Labute approximate surface area is 158 Å². The summed E-state index contributed by atoms with van der Waals surface area (Å²) in [5.74, 6) is 3.15. The maximum Gasteiger partial charge on any atom is 0.0575 e. The van der Waals surface area contributed by atoms with E-state index in [9.17, 15) is 0 Å². The lowest BCUT2D eigenvalue weighted by molar-refractivity contribution is 0.0134. The van der Waals surface area contributed by atoms with E-state index >= 15 is 0 Å². The van der Waals surface area contributed by atoms with Crippen molar-refractivity contribution >= 4 is 0 Å². The highest BCUT2D eigenvalue weighted by Crippen LogP contribution is 2.41. The van der Waals surface area contributed by atoms with E-state index in [0.29, 0.717) is 6.10 Å². The van der Waals surface area contributed by atoms with Crippen molar-refractivity contribution in [1.29, 1.82) is 0 Å². The van der Waals surface area contributed by atoms with Gasteiger partial charge in [-0.25, -0.2) is 0 Å². The molecule has 0 N–H and O–H groups in total. The Kier molecular flexibility index (Phi) is 11.2. The van der Waals surface area contributed by atoms with Crippen LogP contribution in [0.4, 0.5) is 0 Å². The molecular formula is C24H46O. The molecule has 0 spiro atoms. The summed E-state index contributed by atoms with van der Waals surface area (Å²) in [7, 11) is 0. The summed E-state index contributed by atoms with van der Waals surface area (Å²) in [6, 6.07) is 0. The second-order valence-corrected chi connectivity index (χ2v) is 9.04. The van der Waals surface area contributed by atoms with Gasteiger partial charge in [0.1, 0.15) is 0 Å². The Morgan fingerprint density at radius 3 is 1.68 bits per heavy atom. The molecule has 0 atom stereocenters. The highest BCUT2D eigenvalue weighted by atomic mass is 16.5. The average Bonchev–Trinajstić information content (AvgIpc) is 2.65. The highest BCUT2D eigenvalue weighted by molar-refractivity contribution is 4.82. The van der Waals surface area contributed by atoms with E-state index in [4.69, 9.17) is 4.74 Å². The van der Waals surface area contributed by atoms with Crippen molar-refractivity contribution in [3.05, 3.63) is 0 Å². The molecule has 2 fully saturated rings. The van der Waals surface area contributed by atoms with Crippen LogP contribution in [0, 0.1) is 17.8 Å². The quantitative estimate of drug-likeness (QED) is 0.325. The zero-order valence-corrected chi connectivity index (χ0v) is 17.4. The van der Waals surface area contributed by atoms with Crippen molar-refractivity contribution in [2.24, 2.45) is 17.8 Å². The van der Waals surface area contributed by atoms with Crippen LogP contribution >= 0.6 is 0 Å². The zero-order chi connectivity index (χ0) is 17.7. The van der Waals surface area contributed by atoms with Crippen molar-refractivity contribution in [2.45, 2.75) is 129 Å². The molecule has 148 valence electrons. The molecule has 0 aromatic rings. The molecule has 0 aromatic carbocycles.